The summed E-state index contributed by atoms with van der Waals surface area (Å²) in [6.07, 6.45) is 5.50. The van der Waals surface area contributed by atoms with Crippen LogP contribution in [0.5, 0.6) is 11.6 Å². The highest BCUT2D eigenvalue weighted by Gasteiger charge is 2.15. The van der Waals surface area contributed by atoms with E-state index in [4.69, 9.17) is 9.47 Å². The Morgan fingerprint density at radius 1 is 0.969 bits per heavy atom. The number of hydrogen-bond acceptors (Lipinski definition) is 4. The fraction of sp³-hybridized carbons (Fsp3) is 0.308. The van der Waals surface area contributed by atoms with Crippen LogP contribution in [0.15, 0.2) is 55.0 Å². The van der Waals surface area contributed by atoms with Gasteiger partial charge in [0.25, 0.3) is 0 Å². The van der Waals surface area contributed by atoms with E-state index in [9.17, 15) is 4.39 Å². The Balaban J connectivity index is 1.72. The normalized spacial score (nSPS) is 11.9. The third kappa shape index (κ3) is 4.59. The molecule has 0 saturated carbocycles. The lowest BCUT2D eigenvalue weighted by Gasteiger charge is -2.20. The molecular weight excluding hydrogens is 405 g/mol. The van der Waals surface area contributed by atoms with E-state index in [0.29, 0.717) is 5.88 Å². The van der Waals surface area contributed by atoms with Gasteiger partial charge < -0.3 is 9.47 Å². The van der Waals surface area contributed by atoms with Crippen molar-refractivity contribution in [2.75, 3.05) is 0 Å². The second-order valence-electron chi connectivity index (χ2n) is 9.15. The molecule has 4 rings (SSSR count). The quantitative estimate of drug-likeness (QED) is 0.362. The molecule has 6 heteroatoms. The van der Waals surface area contributed by atoms with Crippen LogP contribution in [-0.4, -0.2) is 26.1 Å². The monoisotopic (exact) mass is 433 g/mol. The van der Waals surface area contributed by atoms with Gasteiger partial charge in [-0.15, -0.1) is 0 Å². The smallest absolute Gasteiger partial charge is 0.213 e. The summed E-state index contributed by atoms with van der Waals surface area (Å²) < 4.78 is 28.0. The van der Waals surface area contributed by atoms with Gasteiger partial charge in [0.05, 0.1) is 18.0 Å². The maximum Gasteiger partial charge on any atom is 0.213 e. The highest BCUT2D eigenvalue weighted by molar-refractivity contribution is 5.72. The minimum atomic E-state index is -0.375. The Morgan fingerprint density at radius 2 is 1.72 bits per heavy atom. The number of fused-ring (bicyclic) bond motifs is 1. The van der Waals surface area contributed by atoms with Gasteiger partial charge in [-0.1, -0.05) is 6.07 Å². The number of aromatic nitrogens is 3. The topological polar surface area (TPSA) is 48.7 Å². The molecule has 3 heterocycles. The Hall–Kier alpha value is -3.41. The predicted octanol–water partition coefficient (Wildman–Crippen LogP) is 6.48. The Morgan fingerprint density at radius 3 is 2.34 bits per heavy atom. The number of hydrogen-bond donors (Lipinski definition) is 0. The molecule has 0 radical (unpaired) electrons. The van der Waals surface area contributed by atoms with Crippen LogP contribution in [0.4, 0.5) is 4.39 Å². The van der Waals surface area contributed by atoms with Gasteiger partial charge in [-0.3, -0.25) is 4.40 Å². The highest BCUT2D eigenvalue weighted by atomic mass is 19.1. The van der Waals surface area contributed by atoms with E-state index >= 15 is 0 Å². The summed E-state index contributed by atoms with van der Waals surface area (Å²) in [4.78, 5) is 8.99. The zero-order chi connectivity index (χ0) is 23.0. The second kappa shape index (κ2) is 8.26. The molecular formula is C26H28FN3O2. The lowest BCUT2D eigenvalue weighted by Crippen LogP contribution is -2.23. The molecule has 0 fully saturated rings. The van der Waals surface area contributed by atoms with Crippen LogP contribution < -0.4 is 9.47 Å². The summed E-state index contributed by atoms with van der Waals surface area (Å²) in [5.41, 5.74) is 5.04. The van der Waals surface area contributed by atoms with Gasteiger partial charge in [-0.25, -0.2) is 14.4 Å². The Labute approximate surface area is 187 Å². The average molecular weight is 434 g/mol. The second-order valence-corrected chi connectivity index (χ2v) is 9.15. The third-order valence-electron chi connectivity index (χ3n) is 4.90. The van der Waals surface area contributed by atoms with Crippen molar-refractivity contribution in [2.45, 2.75) is 53.2 Å². The van der Waals surface area contributed by atoms with Gasteiger partial charge >= 0.3 is 0 Å². The zero-order valence-electron chi connectivity index (χ0n) is 19.3. The molecule has 0 unspecified atom stereocenters. The van der Waals surface area contributed by atoms with Crippen LogP contribution in [0, 0.1) is 12.7 Å². The lowest BCUT2D eigenvalue weighted by molar-refractivity contribution is 0.124. The lowest BCUT2D eigenvalue weighted by atomic mass is 10.0. The van der Waals surface area contributed by atoms with Crippen LogP contribution in [-0.2, 0) is 0 Å². The molecule has 0 aliphatic carbocycles. The largest absolute Gasteiger partial charge is 0.488 e. The first-order valence-electron chi connectivity index (χ1n) is 10.7. The molecule has 0 spiro atoms. The Bertz CT molecular complexity index is 1250. The number of benzene rings is 1. The van der Waals surface area contributed by atoms with Crippen molar-refractivity contribution in [3.05, 3.63) is 66.4 Å². The molecule has 0 amide bonds. The van der Waals surface area contributed by atoms with Crippen molar-refractivity contribution < 1.29 is 13.9 Å². The predicted molar refractivity (Wildman–Crippen MR) is 125 cm³/mol. The third-order valence-corrected chi connectivity index (χ3v) is 4.90. The molecule has 3 aromatic heterocycles. The maximum atomic E-state index is 14.6. The molecule has 0 bridgehead atoms. The maximum absolute atomic E-state index is 14.6. The summed E-state index contributed by atoms with van der Waals surface area (Å²) in [5.74, 6) is 0.459. The fourth-order valence-electron chi connectivity index (χ4n) is 3.56. The minimum absolute atomic E-state index is 0.0873. The van der Waals surface area contributed by atoms with Crippen LogP contribution in [0.25, 0.3) is 28.0 Å². The van der Waals surface area contributed by atoms with Crippen molar-refractivity contribution in [1.82, 2.24) is 14.4 Å². The van der Waals surface area contributed by atoms with E-state index in [1.165, 1.54) is 6.07 Å². The van der Waals surface area contributed by atoms with Crippen molar-refractivity contribution >= 4 is 5.65 Å². The summed E-state index contributed by atoms with van der Waals surface area (Å²) >= 11 is 0. The van der Waals surface area contributed by atoms with E-state index in [-0.39, 0.29) is 23.3 Å². The first-order chi connectivity index (χ1) is 15.1. The van der Waals surface area contributed by atoms with E-state index in [2.05, 4.69) is 9.97 Å². The van der Waals surface area contributed by atoms with Gasteiger partial charge in [-0.2, -0.15) is 0 Å². The number of pyridine rings is 2. The molecule has 1 aromatic carbocycles. The standard InChI is InChI=1S/C26H28FN3O2/c1-16(2)31-23-9-7-18(12-21(23)27)20-15-30-22(14-28-24(30)11-17(20)3)19-8-10-25(29-13-19)32-26(4,5)6/h7-16H,1-6H3. The molecule has 32 heavy (non-hydrogen) atoms. The highest BCUT2D eigenvalue weighted by Crippen LogP contribution is 2.31. The van der Waals surface area contributed by atoms with Crippen molar-refractivity contribution in [2.24, 2.45) is 0 Å². The summed E-state index contributed by atoms with van der Waals surface area (Å²) in [5, 5.41) is 0. The molecule has 4 aromatic rings. The molecule has 0 aliphatic rings. The van der Waals surface area contributed by atoms with Crippen molar-refractivity contribution in [3.8, 4) is 34.0 Å². The van der Waals surface area contributed by atoms with E-state index < -0.39 is 0 Å². The average Bonchev–Trinajstić information content (AvgIpc) is 3.10. The van der Waals surface area contributed by atoms with Gasteiger partial charge in [-0.05, 0) is 76.9 Å². The fourth-order valence-corrected chi connectivity index (χ4v) is 3.56. The number of aryl methyl sites for hydroxylation is 1. The van der Waals surface area contributed by atoms with Crippen LogP contribution >= 0.6 is 0 Å². The van der Waals surface area contributed by atoms with E-state index in [1.807, 2.05) is 82.6 Å². The summed E-state index contributed by atoms with van der Waals surface area (Å²) in [7, 11) is 0. The van der Waals surface area contributed by atoms with Gasteiger partial charge in [0.2, 0.25) is 5.88 Å². The number of ether oxygens (including phenoxy) is 2. The van der Waals surface area contributed by atoms with Crippen molar-refractivity contribution in [1.29, 1.82) is 0 Å². The number of rotatable bonds is 5. The molecule has 5 nitrogen and oxygen atoms in total. The number of nitrogens with zero attached hydrogens (tertiary/aromatic N) is 3. The van der Waals surface area contributed by atoms with Gasteiger partial charge in [0.15, 0.2) is 11.6 Å². The molecule has 166 valence electrons. The van der Waals surface area contributed by atoms with Gasteiger partial charge in [0, 0.05) is 29.6 Å². The number of imidazole rings is 1. The molecule has 0 saturated heterocycles. The first-order valence-corrected chi connectivity index (χ1v) is 10.7. The van der Waals surface area contributed by atoms with Crippen LogP contribution in [0.3, 0.4) is 0 Å². The van der Waals surface area contributed by atoms with E-state index in [1.54, 1.807) is 12.3 Å². The van der Waals surface area contributed by atoms with Crippen LogP contribution in [0.2, 0.25) is 0 Å². The minimum Gasteiger partial charge on any atom is -0.488 e. The Kier molecular flexibility index (Phi) is 5.63. The zero-order valence-corrected chi connectivity index (χ0v) is 19.3. The first kappa shape index (κ1) is 21.8. The summed E-state index contributed by atoms with van der Waals surface area (Å²) in [6.45, 7) is 11.7. The molecule has 0 N–H and O–H groups in total. The van der Waals surface area contributed by atoms with Crippen molar-refractivity contribution in [3.63, 3.8) is 0 Å². The van der Waals surface area contributed by atoms with Crippen LogP contribution in [0.1, 0.15) is 40.2 Å². The summed E-state index contributed by atoms with van der Waals surface area (Å²) in [6, 6.07) is 10.9. The van der Waals surface area contributed by atoms with E-state index in [0.717, 1.165) is 33.6 Å². The SMILES string of the molecule is Cc1cc2ncc(-c3ccc(OC(C)(C)C)nc3)n2cc1-c1ccc(OC(C)C)c(F)c1. The molecule has 0 atom stereocenters. The van der Waals surface area contributed by atoms with Gasteiger partial charge in [0.1, 0.15) is 11.2 Å². The number of halogens is 1. The molecule has 0 aliphatic heterocycles.